The highest BCUT2D eigenvalue weighted by Crippen LogP contribution is 2.47. The van der Waals surface area contributed by atoms with E-state index >= 15 is 0 Å². The molecule has 7 aromatic rings. The number of carbonyl (C=O) groups is 4. The minimum atomic E-state index is -1.10. The molecule has 8 nitrogen and oxygen atoms in total. The summed E-state index contributed by atoms with van der Waals surface area (Å²) in [4.78, 5) is 60.8. The summed E-state index contributed by atoms with van der Waals surface area (Å²) < 4.78 is 18.9. The number of imide groups is 2. The van der Waals surface area contributed by atoms with E-state index in [2.05, 4.69) is 13.8 Å². The Morgan fingerprint density at radius 1 is 0.607 bits per heavy atom. The molecule has 56 heavy (non-hydrogen) atoms. The van der Waals surface area contributed by atoms with E-state index in [-0.39, 0.29) is 17.9 Å². The van der Waals surface area contributed by atoms with Crippen molar-refractivity contribution in [2.45, 2.75) is 77.5 Å². The molecule has 0 N–H and O–H groups in total. The monoisotopic (exact) mass is 762 g/mol. The van der Waals surface area contributed by atoms with Gasteiger partial charge in [0.25, 0.3) is 23.6 Å². The molecule has 0 aromatic heterocycles. The Bertz CT molecular complexity index is 2790. The summed E-state index contributed by atoms with van der Waals surface area (Å²) in [5.74, 6) is -0.586. The second-order valence-electron chi connectivity index (χ2n) is 16.2. The van der Waals surface area contributed by atoms with Crippen molar-refractivity contribution >= 4 is 94.0 Å². The number of benzene rings is 7. The highest BCUT2D eigenvalue weighted by molar-refractivity contribution is 7.85. The van der Waals surface area contributed by atoms with Crippen LogP contribution in [0.1, 0.15) is 96.3 Å². The SMILES string of the molecule is CCS(=O)c1ccc2cc(N3C(=O)c4ccc5c6ccc7c8c(ccc(c9ccc(c4c59)C3=O)c86)C(=O)N(C(C)C(C)(C)OC(C)CC(C)C)C7=O)ccc2c1. The largest absolute Gasteiger partial charge is 0.370 e. The lowest BCUT2D eigenvalue weighted by Gasteiger charge is -2.42. The maximum atomic E-state index is 14.4. The Labute approximate surface area is 327 Å². The number of rotatable bonds is 9. The molecular weight excluding hydrogens is 721 g/mol. The zero-order valence-corrected chi connectivity index (χ0v) is 33.3. The van der Waals surface area contributed by atoms with Gasteiger partial charge in [-0.3, -0.25) is 28.3 Å². The molecule has 0 spiro atoms. The number of fused-ring (bicyclic) bond motifs is 3. The maximum absolute atomic E-state index is 14.4. The Morgan fingerprint density at radius 2 is 1.07 bits per heavy atom. The van der Waals surface area contributed by atoms with Crippen LogP contribution in [0.5, 0.6) is 0 Å². The highest BCUT2D eigenvalue weighted by atomic mass is 32.2. The molecule has 3 atom stereocenters. The lowest BCUT2D eigenvalue weighted by Crippen LogP contribution is -2.56. The van der Waals surface area contributed by atoms with Crippen LogP contribution in [0.4, 0.5) is 5.69 Å². The second kappa shape index (κ2) is 12.8. The van der Waals surface area contributed by atoms with E-state index in [0.717, 1.165) is 54.4 Å². The van der Waals surface area contributed by atoms with Crippen LogP contribution in [0.3, 0.4) is 0 Å². The van der Waals surface area contributed by atoms with Crippen molar-refractivity contribution in [3.05, 3.63) is 107 Å². The van der Waals surface area contributed by atoms with Crippen LogP contribution in [0, 0.1) is 5.92 Å². The van der Waals surface area contributed by atoms with Gasteiger partial charge in [-0.2, -0.15) is 0 Å². The predicted octanol–water partition coefficient (Wildman–Crippen LogP) is 10.0. The normalized spacial score (nSPS) is 16.4. The van der Waals surface area contributed by atoms with E-state index in [9.17, 15) is 23.4 Å². The van der Waals surface area contributed by atoms with Crippen molar-refractivity contribution in [1.82, 2.24) is 4.90 Å². The Hall–Kier alpha value is -5.51. The first-order valence-electron chi connectivity index (χ1n) is 19.3. The van der Waals surface area contributed by atoms with Gasteiger partial charge < -0.3 is 4.74 Å². The van der Waals surface area contributed by atoms with Gasteiger partial charge in [-0.05, 0) is 132 Å². The first kappa shape index (κ1) is 36.1. The molecule has 4 amide bonds. The molecule has 2 aliphatic rings. The second-order valence-corrected chi connectivity index (χ2v) is 18.0. The van der Waals surface area contributed by atoms with Crippen molar-refractivity contribution in [2.75, 3.05) is 10.7 Å². The van der Waals surface area contributed by atoms with Crippen LogP contribution < -0.4 is 4.90 Å². The van der Waals surface area contributed by atoms with Crippen LogP contribution >= 0.6 is 0 Å². The van der Waals surface area contributed by atoms with E-state index in [1.807, 2.05) is 89.2 Å². The summed E-state index contributed by atoms with van der Waals surface area (Å²) in [6, 6.07) is 25.3. The number of hydrogen-bond acceptors (Lipinski definition) is 6. The molecular formula is C47H42N2O6S. The van der Waals surface area contributed by atoms with E-state index in [0.29, 0.717) is 50.4 Å². The third kappa shape index (κ3) is 5.17. The summed E-state index contributed by atoms with van der Waals surface area (Å²) in [5.41, 5.74) is 1.42. The molecule has 0 fully saturated rings. The molecule has 2 aliphatic heterocycles. The third-order valence-corrected chi connectivity index (χ3v) is 13.3. The number of amides is 4. The topological polar surface area (TPSA) is 101 Å². The van der Waals surface area contributed by atoms with Gasteiger partial charge in [0.2, 0.25) is 0 Å². The van der Waals surface area contributed by atoms with Gasteiger partial charge in [0.1, 0.15) is 0 Å². The zero-order chi connectivity index (χ0) is 39.5. The Kier molecular flexibility index (Phi) is 8.24. The van der Waals surface area contributed by atoms with Crippen LogP contribution in [-0.2, 0) is 15.5 Å². The molecule has 282 valence electrons. The number of carbonyl (C=O) groups excluding carboxylic acids is 4. The van der Waals surface area contributed by atoms with Crippen LogP contribution in [-0.4, -0.2) is 56.2 Å². The van der Waals surface area contributed by atoms with Gasteiger partial charge in [0.15, 0.2) is 0 Å². The summed E-state index contributed by atoms with van der Waals surface area (Å²) in [7, 11) is -1.10. The molecule has 3 unspecified atom stereocenters. The van der Waals surface area contributed by atoms with Crippen molar-refractivity contribution in [3.8, 4) is 0 Å². The molecule has 0 saturated carbocycles. The average Bonchev–Trinajstić information content (AvgIpc) is 3.17. The first-order valence-corrected chi connectivity index (χ1v) is 20.6. The number of anilines is 1. The van der Waals surface area contributed by atoms with Crippen molar-refractivity contribution in [2.24, 2.45) is 5.92 Å². The van der Waals surface area contributed by atoms with Gasteiger partial charge >= 0.3 is 0 Å². The average molecular weight is 763 g/mol. The van der Waals surface area contributed by atoms with Gasteiger partial charge in [0.05, 0.1) is 34.2 Å². The summed E-state index contributed by atoms with van der Waals surface area (Å²) >= 11 is 0. The quantitative estimate of drug-likeness (QED) is 0.0825. The molecule has 9 rings (SSSR count). The summed E-state index contributed by atoms with van der Waals surface area (Å²) in [6.07, 6.45) is 0.811. The standard InChI is InChI=1S/C47H42N2O6S/c1-8-56(54)30-12-10-27-22-29(11-9-28(27)23-30)49-45(52)37-19-15-33-31-13-17-35-41-36(18-14-32(39(31)41)34-16-20-38(46(49)53)42(37)40(33)34)44(51)48(43(35)50)26(5)47(6,7)55-25(4)21-24(2)3/h9-20,22-26H,8,21H2,1-7H3. The molecule has 0 aliphatic carbocycles. The molecule has 0 radical (unpaired) electrons. The molecule has 0 bridgehead atoms. The fourth-order valence-electron chi connectivity index (χ4n) is 9.17. The van der Waals surface area contributed by atoms with Gasteiger partial charge in [-0.1, -0.05) is 57.2 Å². The Morgan fingerprint density at radius 3 is 1.55 bits per heavy atom. The van der Waals surface area contributed by atoms with Crippen LogP contribution in [0.15, 0.2) is 89.8 Å². The molecule has 0 saturated heterocycles. The summed E-state index contributed by atoms with van der Waals surface area (Å²) in [6.45, 7) is 13.9. The van der Waals surface area contributed by atoms with Gasteiger partial charge in [0, 0.05) is 43.7 Å². The van der Waals surface area contributed by atoms with Crippen LogP contribution in [0.2, 0.25) is 0 Å². The van der Waals surface area contributed by atoms with Crippen LogP contribution in [0.25, 0.3) is 53.9 Å². The Balaban J connectivity index is 1.15. The zero-order valence-electron chi connectivity index (χ0n) is 32.5. The number of nitrogens with zero attached hydrogens (tertiary/aromatic N) is 2. The fraction of sp³-hybridized carbons (Fsp3) is 0.277. The lowest BCUT2D eigenvalue weighted by molar-refractivity contribution is -0.102. The van der Waals surface area contributed by atoms with Crippen molar-refractivity contribution in [1.29, 1.82) is 0 Å². The minimum Gasteiger partial charge on any atom is -0.370 e. The van der Waals surface area contributed by atoms with Gasteiger partial charge in [-0.15, -0.1) is 0 Å². The van der Waals surface area contributed by atoms with E-state index in [4.69, 9.17) is 4.74 Å². The number of hydrogen-bond donors (Lipinski definition) is 0. The highest BCUT2D eigenvalue weighted by Gasteiger charge is 2.44. The molecule has 9 heteroatoms. The summed E-state index contributed by atoms with van der Waals surface area (Å²) in [5, 5.41) is 7.87. The first-order chi connectivity index (χ1) is 26.7. The van der Waals surface area contributed by atoms with E-state index in [1.165, 1.54) is 9.80 Å². The maximum Gasteiger partial charge on any atom is 0.265 e. The van der Waals surface area contributed by atoms with Crippen molar-refractivity contribution in [3.63, 3.8) is 0 Å². The lowest BCUT2D eigenvalue weighted by atomic mass is 9.81. The van der Waals surface area contributed by atoms with Gasteiger partial charge in [-0.25, -0.2) is 4.90 Å². The van der Waals surface area contributed by atoms with Crippen molar-refractivity contribution < 1.29 is 28.1 Å². The fourth-order valence-corrected chi connectivity index (χ4v) is 9.98. The van der Waals surface area contributed by atoms with E-state index in [1.54, 1.807) is 30.3 Å². The molecule has 2 heterocycles. The smallest absolute Gasteiger partial charge is 0.265 e. The number of ether oxygens (including phenoxy) is 1. The third-order valence-electron chi connectivity index (χ3n) is 11.9. The minimum absolute atomic E-state index is 0.0495. The predicted molar refractivity (Wildman–Crippen MR) is 224 cm³/mol. The van der Waals surface area contributed by atoms with E-state index < -0.39 is 34.3 Å². The molecule has 7 aromatic carbocycles.